The lowest BCUT2D eigenvalue weighted by molar-refractivity contribution is -0.259. The fourth-order valence-electron chi connectivity index (χ4n) is 9.00. The normalized spacial score (nSPS) is 32.3. The molecule has 0 bridgehead atoms. The Kier molecular flexibility index (Phi) is 11.1. The molecule has 5 rings (SSSR count). The third kappa shape index (κ3) is 7.34. The minimum Gasteiger partial charge on any atom is -0.484 e. The highest BCUT2D eigenvalue weighted by atomic mass is 28.4. The van der Waals surface area contributed by atoms with Gasteiger partial charge in [-0.1, -0.05) is 76.2 Å². The van der Waals surface area contributed by atoms with Crippen molar-refractivity contribution in [3.8, 4) is 17.1 Å². The Morgan fingerprint density at radius 3 is 1.94 bits per heavy atom. The van der Waals surface area contributed by atoms with Crippen LogP contribution in [0.1, 0.15) is 114 Å². The van der Waals surface area contributed by atoms with Crippen LogP contribution in [0.3, 0.4) is 0 Å². The van der Waals surface area contributed by atoms with Gasteiger partial charge < -0.3 is 27.5 Å². The predicted octanol–water partition coefficient (Wildman–Crippen LogP) is 11.1. The summed E-state index contributed by atoms with van der Waals surface area (Å²) in [5, 5.41) is 12.8. The molecule has 2 aliphatic carbocycles. The molecular weight excluding hydrogens is 727 g/mol. The fourth-order valence-corrected chi connectivity index (χ4v) is 12.9. The van der Waals surface area contributed by atoms with Gasteiger partial charge in [0.25, 0.3) is 0 Å². The maximum Gasteiger partial charge on any atom is 0.345 e. The van der Waals surface area contributed by atoms with Gasteiger partial charge in [-0.2, -0.15) is 0 Å². The average molecular weight is 800 g/mol. The zero-order valence-electron chi connectivity index (χ0n) is 36.9. The van der Waals surface area contributed by atoms with Crippen LogP contribution in [0.2, 0.25) is 54.4 Å². The zero-order valence-corrected chi connectivity index (χ0v) is 39.9. The van der Waals surface area contributed by atoms with E-state index in [0.29, 0.717) is 23.7 Å². The Labute approximate surface area is 329 Å². The molecule has 0 unspecified atom stereocenters. The van der Waals surface area contributed by atoms with Crippen molar-refractivity contribution in [2.45, 2.75) is 181 Å². The number of aromatic nitrogens is 1. The van der Waals surface area contributed by atoms with Crippen LogP contribution in [0, 0.1) is 22.7 Å². The van der Waals surface area contributed by atoms with E-state index < -0.39 is 59.0 Å². The summed E-state index contributed by atoms with van der Waals surface area (Å²) in [4.78, 5) is 18.2. The zero-order chi connectivity index (χ0) is 40.9. The molecule has 8 atom stereocenters. The molecule has 304 valence electrons. The summed E-state index contributed by atoms with van der Waals surface area (Å²) in [6.07, 6.45) is 4.19. The standard InChI is InChI=1S/C43H73NO7Si3/c1-38(2,3)52(13,14)47-27-42(11)31-25-33(51-54(17,18)40(7,8)9)43(12)36(41(31,10)22-21-32(42)50-53(15,16)39(4,5)6)35(45)34-30(49-43)24-29(48-37(34)46)28-20-19-23-44-26-28/h19-20,23-24,26,31-33,35-36,45H,21-22,25,27H2,1-18H3/t31-,32+,33+,35+,36-,41+,42+,43-/m1/s1. The second kappa shape index (κ2) is 13.8. The first-order valence-corrected chi connectivity index (χ1v) is 29.0. The first-order valence-electron chi connectivity index (χ1n) is 20.3. The molecule has 0 spiro atoms. The summed E-state index contributed by atoms with van der Waals surface area (Å²) < 4.78 is 35.4. The second-order valence-corrected chi connectivity index (χ2v) is 36.6. The molecule has 2 aromatic rings. The summed E-state index contributed by atoms with van der Waals surface area (Å²) in [6, 6.07) is 5.43. The lowest BCUT2D eigenvalue weighted by atomic mass is 9.42. The Morgan fingerprint density at radius 1 is 0.870 bits per heavy atom. The van der Waals surface area contributed by atoms with Crippen molar-refractivity contribution in [3.63, 3.8) is 0 Å². The lowest BCUT2D eigenvalue weighted by Gasteiger charge is -2.68. The van der Waals surface area contributed by atoms with Gasteiger partial charge in [0.2, 0.25) is 0 Å². The molecule has 0 amide bonds. The minimum absolute atomic E-state index is 0.0348. The second-order valence-electron chi connectivity index (χ2n) is 22.2. The van der Waals surface area contributed by atoms with E-state index in [4.69, 9.17) is 22.4 Å². The first kappa shape index (κ1) is 43.5. The molecule has 11 heteroatoms. The predicted molar refractivity (Wildman–Crippen MR) is 227 cm³/mol. The van der Waals surface area contributed by atoms with Crippen LogP contribution in [-0.2, 0) is 13.3 Å². The van der Waals surface area contributed by atoms with Gasteiger partial charge in [0.1, 0.15) is 22.7 Å². The largest absolute Gasteiger partial charge is 0.484 e. The van der Waals surface area contributed by atoms with Crippen LogP contribution >= 0.6 is 0 Å². The highest BCUT2D eigenvalue weighted by Crippen LogP contribution is 2.68. The summed E-state index contributed by atoms with van der Waals surface area (Å²) in [5.74, 6) is 0.300. The number of nitrogens with zero attached hydrogens (tertiary/aromatic N) is 1. The molecule has 3 aliphatic rings. The monoisotopic (exact) mass is 799 g/mol. The molecule has 0 aromatic carbocycles. The number of hydrogen-bond acceptors (Lipinski definition) is 8. The molecule has 2 aromatic heterocycles. The van der Waals surface area contributed by atoms with Crippen LogP contribution in [0.4, 0.5) is 0 Å². The molecule has 2 saturated carbocycles. The molecule has 54 heavy (non-hydrogen) atoms. The number of rotatable bonds is 8. The van der Waals surface area contributed by atoms with Crippen LogP contribution < -0.4 is 10.4 Å². The van der Waals surface area contributed by atoms with E-state index in [2.05, 4.69) is 127 Å². The van der Waals surface area contributed by atoms with Gasteiger partial charge in [-0.25, -0.2) is 4.79 Å². The molecule has 3 heterocycles. The van der Waals surface area contributed by atoms with E-state index in [9.17, 15) is 9.90 Å². The number of pyridine rings is 1. The van der Waals surface area contributed by atoms with E-state index in [1.165, 1.54) is 0 Å². The molecule has 1 N–H and O–H groups in total. The third-order valence-corrected chi connectivity index (χ3v) is 29.0. The summed E-state index contributed by atoms with van der Waals surface area (Å²) >= 11 is 0. The Balaban J connectivity index is 1.72. The number of aliphatic hydroxyl groups is 1. The van der Waals surface area contributed by atoms with Gasteiger partial charge in [0.15, 0.2) is 25.0 Å². The quantitative estimate of drug-likeness (QED) is 0.264. The maximum atomic E-state index is 14.0. The smallest absolute Gasteiger partial charge is 0.345 e. The van der Waals surface area contributed by atoms with Gasteiger partial charge in [-0.05, 0) is 104 Å². The van der Waals surface area contributed by atoms with Crippen LogP contribution in [-0.4, -0.2) is 59.5 Å². The summed E-state index contributed by atoms with van der Waals surface area (Å²) in [5.41, 5.74) is -1.52. The number of ether oxygens (including phenoxy) is 1. The van der Waals surface area contributed by atoms with Crippen LogP contribution in [0.25, 0.3) is 11.3 Å². The molecule has 0 radical (unpaired) electrons. The molecule has 0 saturated heterocycles. The van der Waals surface area contributed by atoms with E-state index in [1.807, 2.05) is 12.1 Å². The lowest BCUT2D eigenvalue weighted by Crippen LogP contribution is -2.72. The van der Waals surface area contributed by atoms with Gasteiger partial charge in [0.05, 0.1) is 18.3 Å². The number of fused-ring (bicyclic) bond motifs is 4. The van der Waals surface area contributed by atoms with E-state index in [0.717, 1.165) is 19.3 Å². The number of aliphatic hydroxyl groups excluding tert-OH is 1. The average Bonchev–Trinajstić information content (AvgIpc) is 3.01. The molecular formula is C43H73NO7Si3. The van der Waals surface area contributed by atoms with Crippen LogP contribution in [0.5, 0.6) is 5.75 Å². The molecule has 2 fully saturated rings. The highest BCUT2D eigenvalue weighted by Gasteiger charge is 2.71. The summed E-state index contributed by atoms with van der Waals surface area (Å²) in [7, 11) is -6.76. The topological polar surface area (TPSA) is 100 Å². The maximum absolute atomic E-state index is 14.0. The van der Waals surface area contributed by atoms with E-state index >= 15 is 0 Å². The van der Waals surface area contributed by atoms with Crippen molar-refractivity contribution < 1.29 is 27.5 Å². The van der Waals surface area contributed by atoms with Gasteiger partial charge in [-0.3, -0.25) is 4.98 Å². The minimum atomic E-state index is -2.38. The van der Waals surface area contributed by atoms with Crippen molar-refractivity contribution in [1.29, 1.82) is 0 Å². The highest BCUT2D eigenvalue weighted by molar-refractivity contribution is 6.75. The van der Waals surface area contributed by atoms with E-state index in [-0.39, 0.29) is 38.8 Å². The fraction of sp³-hybridized carbons (Fsp3) is 0.767. The first-order chi connectivity index (χ1) is 24.3. The van der Waals surface area contributed by atoms with E-state index in [1.54, 1.807) is 18.5 Å². The van der Waals surface area contributed by atoms with Crippen molar-refractivity contribution in [1.82, 2.24) is 4.98 Å². The Hall–Kier alpha value is -1.61. The third-order valence-electron chi connectivity index (χ3n) is 15.6. The Bertz CT molecular complexity index is 1740. The number of hydrogen-bond donors (Lipinski definition) is 1. The SMILES string of the molecule is CC(C)(C)[Si](C)(C)OC[C@@]1(C)[C@@H]2C[C@H](O[Si](C)(C)C(C)(C)C)[C@@]3(C)Oc4cc(-c5cccnc5)oc(=O)c4[C@H](O)[C@@H]3[C@@]2(C)CC[C@@H]1O[Si](C)(C)C(C)(C)C. The van der Waals surface area contributed by atoms with Crippen LogP contribution in [0.15, 0.2) is 39.8 Å². The van der Waals surface area contributed by atoms with Crippen molar-refractivity contribution in [3.05, 3.63) is 46.6 Å². The summed E-state index contributed by atoms with van der Waals surface area (Å²) in [6.45, 7) is 42.0. The van der Waals surface area contributed by atoms with Crippen molar-refractivity contribution in [2.24, 2.45) is 22.7 Å². The van der Waals surface area contributed by atoms with Gasteiger partial charge >= 0.3 is 5.63 Å². The molecule has 8 nitrogen and oxygen atoms in total. The van der Waals surface area contributed by atoms with Gasteiger partial charge in [-0.15, -0.1) is 0 Å². The molecule has 1 aliphatic heterocycles. The van der Waals surface area contributed by atoms with Gasteiger partial charge in [0, 0.05) is 42.0 Å². The van der Waals surface area contributed by atoms with Crippen molar-refractivity contribution >= 4 is 25.0 Å². The Morgan fingerprint density at radius 2 is 1.43 bits per heavy atom. The van der Waals surface area contributed by atoms with Crippen molar-refractivity contribution in [2.75, 3.05) is 6.61 Å².